The predicted octanol–water partition coefficient (Wildman–Crippen LogP) is 3.22. The number of pyridine rings is 2. The summed E-state index contributed by atoms with van der Waals surface area (Å²) in [4.78, 5) is 20.8. The van der Waals surface area contributed by atoms with Crippen LogP contribution < -0.4 is 21.1 Å². The number of amides is 1. The van der Waals surface area contributed by atoms with Crippen LogP contribution in [0.25, 0.3) is 21.9 Å². The standard InChI is InChI=1S/C23H21FN6O4/c1-11-15(7-29-22-21(11)27-2-3-33-22)14-4-12-5-18(28-8-16(12)20(26)19(14)24)30-23(31)34-17-10-32-9-13(17)6-25/h4-5,7-8,13,17,27H,2-3,9-10,26H2,1H3,(H,28,30,31)/t13-,17+/m0/s1. The number of carbonyl (C=O) groups is 1. The molecule has 1 amide bonds. The predicted molar refractivity (Wildman–Crippen MR) is 122 cm³/mol. The van der Waals surface area contributed by atoms with Crippen molar-refractivity contribution in [3.05, 3.63) is 35.9 Å². The molecule has 1 saturated heterocycles. The zero-order valence-corrected chi connectivity index (χ0v) is 18.2. The normalized spacial score (nSPS) is 19.0. The van der Waals surface area contributed by atoms with Gasteiger partial charge in [0.2, 0.25) is 5.88 Å². The first-order chi connectivity index (χ1) is 16.5. The Labute approximate surface area is 193 Å². The molecule has 4 N–H and O–H groups in total. The lowest BCUT2D eigenvalue weighted by Crippen LogP contribution is -2.27. The van der Waals surface area contributed by atoms with Crippen molar-refractivity contribution in [3.8, 4) is 23.1 Å². The lowest BCUT2D eigenvalue weighted by atomic mass is 9.97. The summed E-state index contributed by atoms with van der Waals surface area (Å²) < 4.78 is 31.3. The molecule has 10 nitrogen and oxygen atoms in total. The van der Waals surface area contributed by atoms with Gasteiger partial charge in [-0.15, -0.1) is 0 Å². The van der Waals surface area contributed by atoms with Crippen LogP contribution in [-0.4, -0.2) is 48.5 Å². The lowest BCUT2D eigenvalue weighted by Gasteiger charge is -2.22. The number of fused-ring (bicyclic) bond motifs is 2. The Hall–Kier alpha value is -4.17. The second kappa shape index (κ2) is 8.64. The molecule has 2 aliphatic rings. The van der Waals surface area contributed by atoms with Crippen molar-refractivity contribution in [2.24, 2.45) is 5.92 Å². The fraction of sp³-hybridized carbons (Fsp3) is 0.304. The van der Waals surface area contributed by atoms with Gasteiger partial charge in [0.05, 0.1) is 25.0 Å². The summed E-state index contributed by atoms with van der Waals surface area (Å²) in [5.41, 5.74) is 8.38. The summed E-state index contributed by atoms with van der Waals surface area (Å²) in [5, 5.41) is 15.8. The van der Waals surface area contributed by atoms with Crippen LogP contribution in [-0.2, 0) is 9.47 Å². The van der Waals surface area contributed by atoms with E-state index in [1.807, 2.05) is 6.92 Å². The van der Waals surface area contributed by atoms with E-state index in [-0.39, 0.29) is 30.3 Å². The van der Waals surface area contributed by atoms with E-state index in [1.54, 1.807) is 18.3 Å². The van der Waals surface area contributed by atoms with Crippen LogP contribution in [0, 0.1) is 30.0 Å². The largest absolute Gasteiger partial charge is 0.474 e. The molecule has 0 bridgehead atoms. The van der Waals surface area contributed by atoms with Crippen molar-refractivity contribution >= 4 is 34.1 Å². The summed E-state index contributed by atoms with van der Waals surface area (Å²) in [6, 6.07) is 5.26. The van der Waals surface area contributed by atoms with Crippen LogP contribution in [0.2, 0.25) is 0 Å². The topological polar surface area (TPSA) is 144 Å². The Bertz CT molecular complexity index is 1340. The third kappa shape index (κ3) is 3.78. The van der Waals surface area contributed by atoms with Crippen molar-refractivity contribution in [3.63, 3.8) is 0 Å². The van der Waals surface area contributed by atoms with Crippen molar-refractivity contribution in [1.82, 2.24) is 9.97 Å². The molecular formula is C23H21FN6O4. The maximum absolute atomic E-state index is 15.3. The summed E-state index contributed by atoms with van der Waals surface area (Å²) >= 11 is 0. The maximum Gasteiger partial charge on any atom is 0.413 e. The first-order valence-corrected chi connectivity index (χ1v) is 10.7. The van der Waals surface area contributed by atoms with Crippen molar-refractivity contribution in [1.29, 1.82) is 5.26 Å². The molecule has 2 aromatic heterocycles. The summed E-state index contributed by atoms with van der Waals surface area (Å²) in [7, 11) is 0. The van der Waals surface area contributed by atoms with E-state index in [0.29, 0.717) is 41.1 Å². The van der Waals surface area contributed by atoms with Gasteiger partial charge in [-0.1, -0.05) is 0 Å². The first kappa shape index (κ1) is 21.7. The molecule has 11 heteroatoms. The van der Waals surface area contributed by atoms with Crippen LogP contribution in [0.5, 0.6) is 5.88 Å². The zero-order valence-electron chi connectivity index (χ0n) is 18.2. The van der Waals surface area contributed by atoms with Gasteiger partial charge in [0.15, 0.2) is 5.82 Å². The van der Waals surface area contributed by atoms with Gasteiger partial charge in [0, 0.05) is 35.5 Å². The monoisotopic (exact) mass is 464 g/mol. The SMILES string of the molecule is Cc1c(-c2cc3cc(NC(=O)O[C@@H]4COC[C@@H]4C#N)ncc3c(N)c2F)cnc2c1NCCO2. The number of carbonyl (C=O) groups excluding carboxylic acids is 1. The number of hydrogen-bond acceptors (Lipinski definition) is 9. The number of rotatable bonds is 3. The molecule has 34 heavy (non-hydrogen) atoms. The highest BCUT2D eigenvalue weighted by Gasteiger charge is 2.31. The Balaban J connectivity index is 1.47. The number of ether oxygens (including phenoxy) is 3. The number of hydrogen-bond donors (Lipinski definition) is 3. The molecule has 3 aromatic rings. The first-order valence-electron chi connectivity index (χ1n) is 10.7. The minimum absolute atomic E-state index is 0.0598. The van der Waals surface area contributed by atoms with Crippen LogP contribution in [0.15, 0.2) is 24.5 Å². The molecule has 0 unspecified atom stereocenters. The molecule has 0 saturated carbocycles. The fourth-order valence-corrected chi connectivity index (χ4v) is 4.10. The van der Waals surface area contributed by atoms with Gasteiger partial charge in [0.1, 0.15) is 30.1 Å². The summed E-state index contributed by atoms with van der Waals surface area (Å²) in [5.74, 6) is -0.437. The lowest BCUT2D eigenvalue weighted by molar-refractivity contribution is 0.0878. The average Bonchev–Trinajstić information content (AvgIpc) is 3.29. The van der Waals surface area contributed by atoms with Crippen LogP contribution >= 0.6 is 0 Å². The minimum Gasteiger partial charge on any atom is -0.474 e. The molecule has 0 spiro atoms. The van der Waals surface area contributed by atoms with Gasteiger partial charge in [-0.25, -0.2) is 19.2 Å². The smallest absolute Gasteiger partial charge is 0.413 e. The number of nitrogens with zero attached hydrogens (tertiary/aromatic N) is 3. The third-order valence-electron chi connectivity index (χ3n) is 5.92. The van der Waals surface area contributed by atoms with Crippen molar-refractivity contribution in [2.45, 2.75) is 13.0 Å². The van der Waals surface area contributed by atoms with Crippen LogP contribution in [0.3, 0.4) is 0 Å². The molecule has 2 atom stereocenters. The van der Waals surface area contributed by atoms with E-state index >= 15 is 4.39 Å². The number of aromatic nitrogens is 2. The van der Waals surface area contributed by atoms with E-state index in [9.17, 15) is 4.79 Å². The number of benzene rings is 1. The van der Waals surface area contributed by atoms with Gasteiger partial charge in [-0.3, -0.25) is 5.32 Å². The van der Waals surface area contributed by atoms with Crippen LogP contribution in [0.1, 0.15) is 5.56 Å². The number of nitriles is 1. The van der Waals surface area contributed by atoms with Crippen LogP contribution in [0.4, 0.5) is 26.4 Å². The third-order valence-corrected chi connectivity index (χ3v) is 5.92. The highest BCUT2D eigenvalue weighted by molar-refractivity contribution is 5.99. The van der Waals surface area contributed by atoms with E-state index in [4.69, 9.17) is 25.2 Å². The zero-order chi connectivity index (χ0) is 23.8. The second-order valence-electron chi connectivity index (χ2n) is 8.04. The van der Waals surface area contributed by atoms with Gasteiger partial charge in [0.25, 0.3) is 0 Å². The molecule has 2 aliphatic heterocycles. The molecule has 4 heterocycles. The Morgan fingerprint density at radius 1 is 1.32 bits per heavy atom. The fourth-order valence-electron chi connectivity index (χ4n) is 4.10. The quantitative estimate of drug-likeness (QED) is 0.498. The summed E-state index contributed by atoms with van der Waals surface area (Å²) in [6.07, 6.45) is 1.52. The number of nitrogens with two attached hydrogens (primary N) is 1. The van der Waals surface area contributed by atoms with Gasteiger partial charge >= 0.3 is 6.09 Å². The average molecular weight is 464 g/mol. The number of nitrogen functional groups attached to an aromatic ring is 1. The molecule has 1 aromatic carbocycles. The maximum atomic E-state index is 15.3. The van der Waals surface area contributed by atoms with E-state index in [0.717, 1.165) is 5.56 Å². The molecule has 0 aliphatic carbocycles. The molecule has 174 valence electrons. The number of halogens is 1. The minimum atomic E-state index is -0.765. The van der Waals surface area contributed by atoms with Gasteiger partial charge in [-0.05, 0) is 30.0 Å². The van der Waals surface area contributed by atoms with E-state index in [2.05, 4.69) is 26.7 Å². The highest BCUT2D eigenvalue weighted by atomic mass is 19.1. The van der Waals surface area contributed by atoms with Gasteiger partial charge in [-0.2, -0.15) is 5.26 Å². The summed E-state index contributed by atoms with van der Waals surface area (Å²) in [6.45, 7) is 3.36. The Morgan fingerprint density at radius 3 is 3.00 bits per heavy atom. The molecular weight excluding hydrogens is 443 g/mol. The Kier molecular flexibility index (Phi) is 5.51. The Morgan fingerprint density at radius 2 is 2.18 bits per heavy atom. The second-order valence-corrected chi connectivity index (χ2v) is 8.04. The van der Waals surface area contributed by atoms with Crippen molar-refractivity contribution in [2.75, 3.05) is 42.7 Å². The number of nitrogens with one attached hydrogen (secondary N) is 2. The molecule has 5 rings (SSSR count). The molecule has 0 radical (unpaired) electrons. The van der Waals surface area contributed by atoms with E-state index in [1.165, 1.54) is 6.20 Å². The van der Waals surface area contributed by atoms with E-state index < -0.39 is 23.9 Å². The van der Waals surface area contributed by atoms with Crippen molar-refractivity contribution < 1.29 is 23.4 Å². The highest BCUT2D eigenvalue weighted by Crippen LogP contribution is 2.39. The molecule has 1 fully saturated rings. The van der Waals surface area contributed by atoms with Gasteiger partial charge < -0.3 is 25.3 Å². The number of anilines is 3.